The minimum absolute atomic E-state index is 0.484. The second-order valence-corrected chi connectivity index (χ2v) is 4.22. The highest BCUT2D eigenvalue weighted by Gasteiger charge is 2.23. The summed E-state index contributed by atoms with van der Waals surface area (Å²) in [6.07, 6.45) is 3.56. The van der Waals surface area contributed by atoms with E-state index in [1.807, 2.05) is 14.0 Å². The quantitative estimate of drug-likeness (QED) is 0.814. The average molecular weight is 214 g/mol. The summed E-state index contributed by atoms with van der Waals surface area (Å²) in [5, 5.41) is 3.86. The third-order valence-corrected chi connectivity index (χ3v) is 3.19. The van der Waals surface area contributed by atoms with Crippen molar-refractivity contribution in [1.29, 1.82) is 0 Å². The summed E-state index contributed by atoms with van der Waals surface area (Å²) in [5.41, 5.74) is 2.41. The van der Waals surface area contributed by atoms with E-state index in [0.29, 0.717) is 11.3 Å². The van der Waals surface area contributed by atoms with Crippen LogP contribution in [0.5, 0.6) is 0 Å². The van der Waals surface area contributed by atoms with Crippen LogP contribution in [0.1, 0.15) is 30.3 Å². The largest absolute Gasteiger partial charge is 0.318 e. The monoisotopic (exact) mass is 213 g/mol. The predicted molar refractivity (Wildman–Crippen MR) is 57.9 cm³/mol. The molecule has 0 bridgehead atoms. The Kier molecular flexibility index (Phi) is 2.79. The van der Waals surface area contributed by atoms with Gasteiger partial charge in [0.2, 0.25) is 5.28 Å². The van der Waals surface area contributed by atoms with E-state index in [-0.39, 0.29) is 0 Å². The zero-order valence-electron chi connectivity index (χ0n) is 8.68. The van der Waals surface area contributed by atoms with Crippen molar-refractivity contribution >= 4 is 11.6 Å². The van der Waals surface area contributed by atoms with Crippen LogP contribution in [0.25, 0.3) is 0 Å². The van der Waals surface area contributed by atoms with Crippen LogP contribution in [-0.4, -0.2) is 23.1 Å². The number of rotatable bonds is 2. The summed E-state index contributed by atoms with van der Waals surface area (Å²) in [6.45, 7) is 3.02. The van der Waals surface area contributed by atoms with Gasteiger partial charge in [-0.1, -0.05) is 0 Å². The first-order valence-electron chi connectivity index (χ1n) is 5.12. The second-order valence-electron chi connectivity index (χ2n) is 3.89. The molecule has 4 heteroatoms. The normalized spacial score (nSPS) is 20.9. The second kappa shape index (κ2) is 3.91. The lowest BCUT2D eigenvalue weighted by molar-refractivity contribution is 0.390. The van der Waals surface area contributed by atoms with Crippen molar-refractivity contribution < 1.29 is 0 Å². The molecule has 1 aromatic rings. The van der Waals surface area contributed by atoms with Crippen LogP contribution in [-0.2, 0) is 6.42 Å². The summed E-state index contributed by atoms with van der Waals surface area (Å²) in [5.74, 6) is 0. The molecular formula is C10H16ClN3. The van der Waals surface area contributed by atoms with Crippen LogP contribution in [0.2, 0.25) is 5.28 Å². The Hall–Kier alpha value is -0.540. The van der Waals surface area contributed by atoms with Crippen LogP contribution in [0.15, 0.2) is 0 Å². The Bertz CT molecular complexity index is 332. The van der Waals surface area contributed by atoms with E-state index in [1.54, 1.807) is 0 Å². The molecule has 14 heavy (non-hydrogen) atoms. The molecule has 3 nitrogen and oxygen atoms in total. The Morgan fingerprint density at radius 3 is 3.14 bits per heavy atom. The molecule has 0 aromatic carbocycles. The summed E-state index contributed by atoms with van der Waals surface area (Å²) in [4.78, 5) is 4.33. The van der Waals surface area contributed by atoms with Crippen molar-refractivity contribution in [2.45, 2.75) is 32.2 Å². The Morgan fingerprint density at radius 2 is 2.43 bits per heavy atom. The number of nitrogens with zero attached hydrogens (tertiary/aromatic N) is 2. The number of halogens is 1. The van der Waals surface area contributed by atoms with E-state index in [4.69, 9.17) is 11.6 Å². The molecule has 1 N–H and O–H groups in total. The van der Waals surface area contributed by atoms with Crippen LogP contribution in [0, 0.1) is 6.92 Å². The Labute approximate surface area is 89.5 Å². The van der Waals surface area contributed by atoms with Crippen molar-refractivity contribution in [3.05, 3.63) is 16.7 Å². The lowest BCUT2D eigenvalue weighted by atomic mass is 10.0. The fourth-order valence-electron chi connectivity index (χ4n) is 2.28. The number of aromatic nitrogens is 2. The van der Waals surface area contributed by atoms with Crippen molar-refractivity contribution in [2.24, 2.45) is 0 Å². The fraction of sp³-hybridized carbons (Fsp3) is 0.700. The van der Waals surface area contributed by atoms with E-state index in [0.717, 1.165) is 18.7 Å². The van der Waals surface area contributed by atoms with E-state index in [9.17, 15) is 0 Å². The SMILES string of the molecule is CNCC1CCCc2c(C)nc(Cl)n21. The number of hydrogen-bond acceptors (Lipinski definition) is 2. The lowest BCUT2D eigenvalue weighted by Gasteiger charge is -2.26. The van der Waals surface area contributed by atoms with Crippen molar-refractivity contribution in [1.82, 2.24) is 14.9 Å². The number of aryl methyl sites for hydroxylation is 1. The first-order chi connectivity index (χ1) is 6.74. The van der Waals surface area contributed by atoms with Gasteiger partial charge in [0.05, 0.1) is 5.69 Å². The molecule has 1 aliphatic rings. The van der Waals surface area contributed by atoms with Crippen LogP contribution in [0.3, 0.4) is 0 Å². The van der Waals surface area contributed by atoms with Gasteiger partial charge in [-0.25, -0.2) is 4.98 Å². The molecule has 78 valence electrons. The molecule has 1 atom stereocenters. The van der Waals surface area contributed by atoms with Crippen molar-refractivity contribution in [2.75, 3.05) is 13.6 Å². The summed E-state index contributed by atoms with van der Waals surface area (Å²) in [7, 11) is 1.98. The molecule has 0 fully saturated rings. The van der Waals surface area contributed by atoms with Crippen LogP contribution in [0.4, 0.5) is 0 Å². The van der Waals surface area contributed by atoms with Gasteiger partial charge in [-0.15, -0.1) is 0 Å². The molecule has 1 aliphatic heterocycles. The highest BCUT2D eigenvalue weighted by atomic mass is 35.5. The average Bonchev–Trinajstić information content (AvgIpc) is 2.44. The van der Waals surface area contributed by atoms with Crippen LogP contribution < -0.4 is 5.32 Å². The first kappa shape index (κ1) is 9.99. The van der Waals surface area contributed by atoms with Gasteiger partial charge in [-0.2, -0.15) is 0 Å². The maximum Gasteiger partial charge on any atom is 0.203 e. The lowest BCUT2D eigenvalue weighted by Crippen LogP contribution is -2.27. The number of nitrogens with one attached hydrogen (secondary N) is 1. The molecule has 0 radical (unpaired) electrons. The summed E-state index contributed by atoms with van der Waals surface area (Å²) in [6, 6.07) is 0.484. The van der Waals surface area contributed by atoms with E-state index >= 15 is 0 Å². The van der Waals surface area contributed by atoms with Crippen molar-refractivity contribution in [3.63, 3.8) is 0 Å². The zero-order chi connectivity index (χ0) is 10.1. The number of likely N-dealkylation sites (N-methyl/N-ethyl adjacent to an activating group) is 1. The number of hydrogen-bond donors (Lipinski definition) is 1. The predicted octanol–water partition coefficient (Wildman–Crippen LogP) is 1.94. The zero-order valence-corrected chi connectivity index (χ0v) is 9.43. The van der Waals surface area contributed by atoms with Gasteiger partial charge in [-0.05, 0) is 44.8 Å². The van der Waals surface area contributed by atoms with E-state index in [2.05, 4.69) is 14.9 Å². The van der Waals surface area contributed by atoms with Gasteiger partial charge in [0.1, 0.15) is 0 Å². The van der Waals surface area contributed by atoms with Gasteiger partial charge in [-0.3, -0.25) is 0 Å². The van der Waals surface area contributed by atoms with Gasteiger partial charge in [0, 0.05) is 18.3 Å². The highest BCUT2D eigenvalue weighted by Crippen LogP contribution is 2.30. The third-order valence-electron chi connectivity index (χ3n) is 2.92. The van der Waals surface area contributed by atoms with Crippen molar-refractivity contribution in [3.8, 4) is 0 Å². The summed E-state index contributed by atoms with van der Waals surface area (Å²) < 4.78 is 2.19. The highest BCUT2D eigenvalue weighted by molar-refractivity contribution is 6.28. The molecule has 2 rings (SSSR count). The minimum Gasteiger partial charge on any atom is -0.318 e. The Morgan fingerprint density at radius 1 is 1.64 bits per heavy atom. The molecule has 0 saturated heterocycles. The van der Waals surface area contributed by atoms with E-state index < -0.39 is 0 Å². The maximum atomic E-state index is 6.12. The first-order valence-corrected chi connectivity index (χ1v) is 5.49. The minimum atomic E-state index is 0.484. The topological polar surface area (TPSA) is 29.9 Å². The van der Waals surface area contributed by atoms with E-state index in [1.165, 1.54) is 18.5 Å². The molecule has 0 saturated carbocycles. The molecule has 2 heterocycles. The van der Waals surface area contributed by atoms with Crippen LogP contribution >= 0.6 is 11.6 Å². The number of imidazole rings is 1. The molecule has 0 spiro atoms. The molecule has 0 aliphatic carbocycles. The van der Waals surface area contributed by atoms with Gasteiger partial charge in [0.15, 0.2) is 0 Å². The van der Waals surface area contributed by atoms with Gasteiger partial charge >= 0.3 is 0 Å². The Balaban J connectivity index is 2.37. The van der Waals surface area contributed by atoms with Gasteiger partial charge < -0.3 is 9.88 Å². The molecule has 1 aromatic heterocycles. The molecular weight excluding hydrogens is 198 g/mol. The molecule has 1 unspecified atom stereocenters. The number of fused-ring (bicyclic) bond motifs is 1. The van der Waals surface area contributed by atoms with Gasteiger partial charge in [0.25, 0.3) is 0 Å². The fourth-order valence-corrected chi connectivity index (χ4v) is 2.64. The maximum absolute atomic E-state index is 6.12. The molecule has 0 amide bonds. The smallest absolute Gasteiger partial charge is 0.203 e. The standard InChI is InChI=1S/C10H16ClN3/c1-7-9-5-3-4-8(6-12-2)14(9)10(11)13-7/h8,12H,3-6H2,1-2H3. The summed E-state index contributed by atoms with van der Waals surface area (Å²) >= 11 is 6.12. The third kappa shape index (κ3) is 1.55.